The van der Waals surface area contributed by atoms with Crippen molar-refractivity contribution in [2.75, 3.05) is 89.7 Å². The number of nitrogens with zero attached hydrogens (tertiary/aromatic N) is 10. The lowest BCUT2D eigenvalue weighted by Gasteiger charge is -2.31. The van der Waals surface area contributed by atoms with Gasteiger partial charge in [-0.05, 0) is 301 Å². The molecule has 1 amide bonds. The number of nitrogens with one attached hydrogen (secondary N) is 2. The molecule has 0 spiro atoms. The number of rotatable bonds is 13. The largest absolute Gasteiger partial charge is 0.491 e. The number of aryl methyl sites for hydroxylation is 5. The summed E-state index contributed by atoms with van der Waals surface area (Å²) in [6.07, 6.45) is 13.4. The van der Waals surface area contributed by atoms with E-state index in [9.17, 15) is 4.79 Å². The second-order valence-corrected chi connectivity index (χ2v) is 29.5. The Balaban J connectivity index is 0.000000161. The van der Waals surface area contributed by atoms with Crippen molar-refractivity contribution in [3.8, 4) is 11.1 Å². The van der Waals surface area contributed by atoms with Crippen molar-refractivity contribution in [3.05, 3.63) is 190 Å². The summed E-state index contributed by atoms with van der Waals surface area (Å²) < 4.78 is 24.5. The first-order valence-electron chi connectivity index (χ1n) is 33.3. The number of ether oxygens (including phenoxy) is 2. The minimum atomic E-state index is -1.41. The first-order valence-corrected chi connectivity index (χ1v) is 37.6. The van der Waals surface area contributed by atoms with E-state index in [1.807, 2.05) is 97.9 Å². The van der Waals surface area contributed by atoms with Gasteiger partial charge < -0.3 is 39.4 Å². The molecule has 20 nitrogen and oxygen atoms in total. The fourth-order valence-corrected chi connectivity index (χ4v) is 12.0. The van der Waals surface area contributed by atoms with Gasteiger partial charge in [-0.2, -0.15) is 0 Å². The van der Waals surface area contributed by atoms with Crippen molar-refractivity contribution in [2.45, 2.75) is 137 Å². The molecular formula is C72H95BBr5N13O7. The van der Waals surface area contributed by atoms with Crippen LogP contribution in [0.15, 0.2) is 137 Å². The van der Waals surface area contributed by atoms with Crippen LogP contribution in [0.4, 0.5) is 16.4 Å². The highest BCUT2D eigenvalue weighted by molar-refractivity contribution is 9.11. The molecule has 6 saturated heterocycles. The van der Waals surface area contributed by atoms with Crippen LogP contribution in [0.25, 0.3) is 11.1 Å². The molecule has 0 aliphatic carbocycles. The van der Waals surface area contributed by atoms with Crippen molar-refractivity contribution in [3.63, 3.8) is 0 Å². The number of furan rings is 2. The van der Waals surface area contributed by atoms with Crippen LogP contribution in [0, 0.1) is 34.6 Å². The predicted octanol–water partition coefficient (Wildman–Crippen LogP) is 14.4. The fraction of sp³-hybridized carbons (Fsp3) is 0.458. The van der Waals surface area contributed by atoms with E-state index in [2.05, 4.69) is 175 Å². The van der Waals surface area contributed by atoms with E-state index in [0.717, 1.165) is 115 Å². The van der Waals surface area contributed by atoms with Gasteiger partial charge in [0.25, 0.3) is 0 Å². The van der Waals surface area contributed by atoms with E-state index in [4.69, 9.17) is 29.7 Å². The third-order valence-electron chi connectivity index (χ3n) is 16.1. The zero-order valence-corrected chi connectivity index (χ0v) is 65.6. The number of alkyl halides is 1. The monoisotopic (exact) mass is 1660 g/mol. The van der Waals surface area contributed by atoms with Crippen LogP contribution in [0.3, 0.4) is 0 Å². The predicted molar refractivity (Wildman–Crippen MR) is 408 cm³/mol. The Labute approximate surface area is 621 Å². The Morgan fingerprint density at radius 3 is 1.48 bits per heavy atom. The van der Waals surface area contributed by atoms with Gasteiger partial charge in [-0.25, -0.2) is 14.8 Å². The SMILES string of the molecule is C1CNC1.CC(C)(C)OC(=O)Nc1ccc(Br)c(CBr)n1.Cc1ccc(-c2ccoc2)c(CN2CCC2)n1.Cc1ccc(Br)c(C)n1.Cc1ccc(Br)c(CN2CCC2)n1.Cc1ccc(Br)c(CN2CCC2)n1.Nc1ccc(C2CCOC2)c(CN2CCC2)n1.OB(O)c1ccoc1. The average Bonchev–Trinajstić information content (AvgIpc) is 1.44. The van der Waals surface area contributed by atoms with Crippen molar-refractivity contribution >= 4 is 110 Å². The number of carbonyl (C=O) groups excluding carboxylic acids is 1. The number of carbonyl (C=O) groups is 1. The van der Waals surface area contributed by atoms with Crippen LogP contribution in [-0.4, -0.2) is 157 Å². The molecular weight excluding hydrogens is 1570 g/mol. The molecule has 8 aromatic heterocycles. The molecule has 1 atom stereocenters. The number of hydrogen-bond acceptors (Lipinski definition) is 19. The lowest BCUT2D eigenvalue weighted by atomic mass is 9.83. The average molecular weight is 1660 g/mol. The van der Waals surface area contributed by atoms with Crippen molar-refractivity contribution in [2.24, 2.45) is 0 Å². The first kappa shape index (κ1) is 80.0. The Kier molecular flexibility index (Phi) is 33.9. The lowest BCUT2D eigenvalue weighted by molar-refractivity contribution is 0.0635. The summed E-state index contributed by atoms with van der Waals surface area (Å²) in [5.41, 5.74) is 20.2. The van der Waals surface area contributed by atoms with Gasteiger partial charge in [-0.15, -0.1) is 0 Å². The topological polar surface area (TPSA) is 243 Å². The molecule has 6 aliphatic heterocycles. The highest BCUT2D eigenvalue weighted by Crippen LogP contribution is 2.30. The number of likely N-dealkylation sites (tertiary alicyclic amines) is 4. The number of amides is 1. The van der Waals surface area contributed by atoms with Crippen molar-refractivity contribution < 1.29 is 33.2 Å². The van der Waals surface area contributed by atoms with E-state index >= 15 is 0 Å². The van der Waals surface area contributed by atoms with E-state index in [0.29, 0.717) is 28.3 Å². The fourth-order valence-electron chi connectivity index (χ4n) is 9.96. The minimum absolute atomic E-state index is 0.380. The summed E-state index contributed by atoms with van der Waals surface area (Å²) in [6, 6.07) is 27.5. The van der Waals surface area contributed by atoms with Crippen LogP contribution in [-0.2, 0) is 41.0 Å². The van der Waals surface area contributed by atoms with Gasteiger partial charge in [0.1, 0.15) is 17.2 Å². The number of nitrogens with two attached hydrogens (primary N) is 1. The summed E-state index contributed by atoms with van der Waals surface area (Å²) in [7, 11) is -1.41. The smallest absolute Gasteiger partial charge is 0.473 e. The maximum Gasteiger partial charge on any atom is 0.491 e. The van der Waals surface area contributed by atoms with Crippen molar-refractivity contribution in [1.29, 1.82) is 0 Å². The van der Waals surface area contributed by atoms with Crippen molar-refractivity contribution in [1.82, 2.24) is 54.8 Å². The van der Waals surface area contributed by atoms with E-state index in [1.54, 1.807) is 18.6 Å². The minimum Gasteiger partial charge on any atom is -0.473 e. The number of anilines is 2. The number of nitrogen functional groups attached to an aromatic ring is 1. The summed E-state index contributed by atoms with van der Waals surface area (Å²) in [4.78, 5) is 47.9. The molecule has 1 unspecified atom stereocenters. The highest BCUT2D eigenvalue weighted by atomic mass is 79.9. The van der Waals surface area contributed by atoms with E-state index in [1.165, 1.54) is 139 Å². The zero-order valence-electron chi connectivity index (χ0n) is 57.7. The van der Waals surface area contributed by atoms with Gasteiger partial charge >= 0.3 is 13.2 Å². The van der Waals surface area contributed by atoms with Crippen LogP contribution in [0.2, 0.25) is 0 Å². The number of hydrogen-bond donors (Lipinski definition) is 5. The molecule has 0 bridgehead atoms. The third kappa shape index (κ3) is 28.2. The zero-order chi connectivity index (χ0) is 70.6. The van der Waals surface area contributed by atoms with Gasteiger partial charge in [0.2, 0.25) is 0 Å². The molecule has 0 radical (unpaired) electrons. The Morgan fingerprint density at radius 2 is 1.06 bits per heavy atom. The van der Waals surface area contributed by atoms with E-state index < -0.39 is 18.8 Å². The van der Waals surface area contributed by atoms with Crippen LogP contribution >= 0.6 is 79.6 Å². The lowest BCUT2D eigenvalue weighted by Crippen LogP contribution is -2.37. The Morgan fingerprint density at radius 1 is 0.592 bits per heavy atom. The summed E-state index contributed by atoms with van der Waals surface area (Å²) >= 11 is 17.1. The second kappa shape index (κ2) is 41.6. The molecule has 6 fully saturated rings. The van der Waals surface area contributed by atoms with Gasteiger partial charge in [-0.1, -0.05) is 28.1 Å². The maximum atomic E-state index is 11.5. The Hall–Kier alpha value is -5.33. The van der Waals surface area contributed by atoms with Gasteiger partial charge in [0, 0.05) is 101 Å². The van der Waals surface area contributed by atoms with Crippen LogP contribution < -0.4 is 21.8 Å². The molecule has 0 aromatic carbocycles. The molecule has 6 aliphatic rings. The molecule has 14 rings (SSSR count). The molecule has 14 heterocycles. The summed E-state index contributed by atoms with van der Waals surface area (Å²) in [5, 5.41) is 23.1. The normalized spacial score (nSPS) is 16.1. The maximum absolute atomic E-state index is 11.5. The Bertz CT molecular complexity index is 3610. The van der Waals surface area contributed by atoms with Gasteiger partial charge in [0.15, 0.2) is 0 Å². The standard InChI is InChI=1S/C14H16N2O.C13H19N3O.C11H14Br2N2O2.2C10H13BrN2.C7H8BrN.C4H5BO3.C3H7N/c1-11-3-4-13(12-5-8-17-10-12)14(15-11)9-16-6-2-7-16;14-13-3-2-11(10-4-7-17-9-10)12(15-13)8-16-5-1-6-16;1-11(2,3)17-10(16)15-9-5-4-7(13)8(6-12)14-9;2*1-8-3-4-9(11)10(12-8)7-13-5-2-6-13;1-5-3-4-7(8)6(2)9-5;6-5(7)4-1-2-8-3-4;1-2-4-3-1/h3-5,8,10H,2,6-7,9H2,1H3;2-3,10H,1,4-9H2,(H2,14,15);4-5H,6H2,1-3H3,(H,14,15,16);2*3-4H,2,5-7H2,1H3;3-4H,1-2H3;1-3,6-7H;4H,1-3H2. The van der Waals surface area contributed by atoms with Crippen LogP contribution in [0.5, 0.6) is 0 Å². The molecule has 26 heteroatoms. The molecule has 528 valence electrons. The molecule has 8 aromatic rings. The molecule has 6 N–H and O–H groups in total. The number of aromatic nitrogens is 6. The number of pyridine rings is 6. The highest BCUT2D eigenvalue weighted by Gasteiger charge is 2.25. The molecule has 0 saturated carbocycles. The summed E-state index contributed by atoms with van der Waals surface area (Å²) in [5.74, 6) is 1.61. The van der Waals surface area contributed by atoms with Gasteiger partial charge in [-0.3, -0.25) is 44.9 Å². The van der Waals surface area contributed by atoms with E-state index in [-0.39, 0.29) is 0 Å². The second-order valence-electron chi connectivity index (χ2n) is 25.5. The summed E-state index contributed by atoms with van der Waals surface area (Å²) in [6.45, 7) is 33.2. The third-order valence-corrected chi connectivity index (χ3v) is 19.7. The van der Waals surface area contributed by atoms with Crippen LogP contribution in [0.1, 0.15) is 128 Å². The number of halogens is 5. The molecule has 98 heavy (non-hydrogen) atoms. The first-order chi connectivity index (χ1) is 47.0. The van der Waals surface area contributed by atoms with Gasteiger partial charge in [0.05, 0.1) is 65.8 Å². The quantitative estimate of drug-likeness (QED) is 0.0532.